The van der Waals surface area contributed by atoms with E-state index in [0.717, 1.165) is 31.0 Å². The van der Waals surface area contributed by atoms with Gasteiger partial charge in [0, 0.05) is 36.6 Å². The summed E-state index contributed by atoms with van der Waals surface area (Å²) >= 11 is 6.06. The van der Waals surface area contributed by atoms with Crippen molar-refractivity contribution in [2.75, 3.05) is 13.1 Å². The van der Waals surface area contributed by atoms with E-state index in [1.54, 1.807) is 0 Å². The number of carbonyl (C=O) groups excluding carboxylic acids is 1. The van der Waals surface area contributed by atoms with Crippen molar-refractivity contribution < 1.29 is 4.79 Å². The van der Waals surface area contributed by atoms with Gasteiger partial charge in [0.25, 0.3) is 0 Å². The number of likely N-dealkylation sites (tertiary alicyclic amines) is 1. The predicted octanol–water partition coefficient (Wildman–Crippen LogP) is 3.39. The lowest BCUT2D eigenvalue weighted by Crippen LogP contribution is -2.41. The third-order valence-corrected chi connectivity index (χ3v) is 4.05. The van der Waals surface area contributed by atoms with Gasteiger partial charge >= 0.3 is 0 Å². The maximum atomic E-state index is 11.7. The van der Waals surface area contributed by atoms with Crippen molar-refractivity contribution in [2.24, 2.45) is 0 Å². The van der Waals surface area contributed by atoms with Crippen LogP contribution in [0, 0.1) is 0 Å². The first kappa shape index (κ1) is 15.3. The Hall–Kier alpha value is -1.06. The number of amides is 1. The summed E-state index contributed by atoms with van der Waals surface area (Å²) in [7, 11) is 0. The fourth-order valence-corrected chi connectivity index (χ4v) is 3.00. The molecule has 2 unspecified atom stereocenters. The van der Waals surface area contributed by atoms with Crippen molar-refractivity contribution in [1.29, 1.82) is 0 Å². The maximum absolute atomic E-state index is 11.7. The van der Waals surface area contributed by atoms with E-state index in [0.29, 0.717) is 6.42 Å². The average Bonchev–Trinajstić information content (AvgIpc) is 2.81. The van der Waals surface area contributed by atoms with Gasteiger partial charge in [0.05, 0.1) is 0 Å². The van der Waals surface area contributed by atoms with Crippen LogP contribution in [0.25, 0.3) is 0 Å². The standard InChI is InChI=1S/C16H23ClN2O/c1-3-15(13-6-4-7-14(17)10-13)18-12(2)11-19-9-5-8-16(19)20/h4,6-7,10,12,15,18H,3,5,8-9,11H2,1-2H3. The van der Waals surface area contributed by atoms with Crippen molar-refractivity contribution in [3.05, 3.63) is 34.9 Å². The molecule has 1 aromatic rings. The normalized spacial score (nSPS) is 18.4. The topological polar surface area (TPSA) is 32.3 Å². The Kier molecular flexibility index (Phi) is 5.44. The Balaban J connectivity index is 1.94. The first-order valence-electron chi connectivity index (χ1n) is 7.39. The summed E-state index contributed by atoms with van der Waals surface area (Å²) in [6, 6.07) is 8.54. The van der Waals surface area contributed by atoms with E-state index in [4.69, 9.17) is 11.6 Å². The minimum atomic E-state index is 0.279. The van der Waals surface area contributed by atoms with Gasteiger partial charge in [-0.05, 0) is 37.5 Å². The number of rotatable bonds is 6. The molecule has 1 saturated heterocycles. The average molecular weight is 295 g/mol. The van der Waals surface area contributed by atoms with Gasteiger partial charge in [0.15, 0.2) is 0 Å². The first-order chi connectivity index (χ1) is 9.60. The molecule has 20 heavy (non-hydrogen) atoms. The highest BCUT2D eigenvalue weighted by Gasteiger charge is 2.22. The zero-order valence-electron chi connectivity index (χ0n) is 12.2. The summed E-state index contributed by atoms with van der Waals surface area (Å²) < 4.78 is 0. The third-order valence-electron chi connectivity index (χ3n) is 3.81. The van der Waals surface area contributed by atoms with Crippen LogP contribution in [0.15, 0.2) is 24.3 Å². The maximum Gasteiger partial charge on any atom is 0.222 e. The van der Waals surface area contributed by atoms with Gasteiger partial charge in [-0.3, -0.25) is 4.79 Å². The van der Waals surface area contributed by atoms with Crippen molar-refractivity contribution in [2.45, 2.75) is 45.2 Å². The Morgan fingerprint density at radius 1 is 1.45 bits per heavy atom. The van der Waals surface area contributed by atoms with Gasteiger partial charge in [-0.15, -0.1) is 0 Å². The van der Waals surface area contributed by atoms with Crippen molar-refractivity contribution in [3.8, 4) is 0 Å². The molecule has 0 saturated carbocycles. The molecule has 0 aliphatic carbocycles. The Labute approximate surface area is 126 Å². The van der Waals surface area contributed by atoms with Crippen molar-refractivity contribution >= 4 is 17.5 Å². The Morgan fingerprint density at radius 2 is 2.25 bits per heavy atom. The van der Waals surface area contributed by atoms with Crippen LogP contribution in [0.3, 0.4) is 0 Å². The summed E-state index contributed by atoms with van der Waals surface area (Å²) in [5.41, 5.74) is 1.21. The number of hydrogen-bond donors (Lipinski definition) is 1. The molecule has 3 nitrogen and oxygen atoms in total. The third kappa shape index (κ3) is 3.97. The molecular formula is C16H23ClN2O. The number of carbonyl (C=O) groups is 1. The van der Waals surface area contributed by atoms with Crippen molar-refractivity contribution in [3.63, 3.8) is 0 Å². The highest BCUT2D eigenvalue weighted by atomic mass is 35.5. The molecule has 1 N–H and O–H groups in total. The molecule has 2 atom stereocenters. The van der Waals surface area contributed by atoms with Gasteiger partial charge < -0.3 is 10.2 Å². The number of benzene rings is 1. The minimum absolute atomic E-state index is 0.279. The number of nitrogens with one attached hydrogen (secondary N) is 1. The summed E-state index contributed by atoms with van der Waals surface area (Å²) in [6.45, 7) is 5.99. The molecule has 1 amide bonds. The van der Waals surface area contributed by atoms with Crippen molar-refractivity contribution in [1.82, 2.24) is 10.2 Å². The quantitative estimate of drug-likeness (QED) is 0.872. The fraction of sp³-hybridized carbons (Fsp3) is 0.562. The lowest BCUT2D eigenvalue weighted by Gasteiger charge is -2.26. The largest absolute Gasteiger partial charge is 0.341 e. The molecule has 1 aromatic carbocycles. The zero-order chi connectivity index (χ0) is 14.5. The molecule has 110 valence electrons. The molecule has 1 aliphatic heterocycles. The van der Waals surface area contributed by atoms with Crippen LogP contribution in [-0.2, 0) is 4.79 Å². The molecule has 1 aliphatic rings. The second-order valence-electron chi connectivity index (χ2n) is 5.53. The van der Waals surface area contributed by atoms with Crippen LogP contribution in [-0.4, -0.2) is 29.9 Å². The monoisotopic (exact) mass is 294 g/mol. The Morgan fingerprint density at radius 3 is 2.85 bits per heavy atom. The van der Waals surface area contributed by atoms with Gasteiger partial charge in [0.2, 0.25) is 5.91 Å². The molecular weight excluding hydrogens is 272 g/mol. The molecule has 1 fully saturated rings. The Bertz CT molecular complexity index is 464. The van der Waals surface area contributed by atoms with E-state index in [2.05, 4.69) is 25.2 Å². The summed E-state index contributed by atoms with van der Waals surface area (Å²) in [6.07, 6.45) is 2.70. The van der Waals surface area contributed by atoms with E-state index in [1.165, 1.54) is 5.56 Å². The highest BCUT2D eigenvalue weighted by Crippen LogP contribution is 2.21. The van der Waals surface area contributed by atoms with E-state index < -0.39 is 0 Å². The molecule has 0 spiro atoms. The number of halogens is 1. The first-order valence-corrected chi connectivity index (χ1v) is 7.77. The minimum Gasteiger partial charge on any atom is -0.341 e. The summed E-state index contributed by atoms with van der Waals surface area (Å²) in [4.78, 5) is 13.6. The number of hydrogen-bond acceptors (Lipinski definition) is 2. The van der Waals surface area contributed by atoms with Crippen LogP contribution in [0.4, 0.5) is 0 Å². The zero-order valence-corrected chi connectivity index (χ0v) is 13.0. The van der Waals surface area contributed by atoms with Gasteiger partial charge in [-0.1, -0.05) is 30.7 Å². The van der Waals surface area contributed by atoms with Crippen LogP contribution in [0.2, 0.25) is 5.02 Å². The van der Waals surface area contributed by atoms with Crippen LogP contribution >= 0.6 is 11.6 Å². The van der Waals surface area contributed by atoms with Crippen LogP contribution < -0.4 is 5.32 Å². The van der Waals surface area contributed by atoms with Gasteiger partial charge in [-0.25, -0.2) is 0 Å². The SMILES string of the molecule is CCC(NC(C)CN1CCCC1=O)c1cccc(Cl)c1. The fourth-order valence-electron chi connectivity index (χ4n) is 2.80. The molecule has 0 radical (unpaired) electrons. The number of nitrogens with zero attached hydrogens (tertiary/aromatic N) is 1. The van der Waals surface area contributed by atoms with E-state index in [9.17, 15) is 4.79 Å². The summed E-state index contributed by atoms with van der Waals surface area (Å²) in [5.74, 6) is 0.287. The highest BCUT2D eigenvalue weighted by molar-refractivity contribution is 6.30. The van der Waals surface area contributed by atoms with Crippen LogP contribution in [0.1, 0.15) is 44.7 Å². The molecule has 0 aromatic heterocycles. The lowest BCUT2D eigenvalue weighted by atomic mass is 10.0. The van der Waals surface area contributed by atoms with Gasteiger partial charge in [-0.2, -0.15) is 0 Å². The van der Waals surface area contributed by atoms with E-state index >= 15 is 0 Å². The van der Waals surface area contributed by atoms with E-state index in [1.807, 2.05) is 23.1 Å². The lowest BCUT2D eigenvalue weighted by molar-refractivity contribution is -0.127. The predicted molar refractivity (Wildman–Crippen MR) is 82.9 cm³/mol. The van der Waals surface area contributed by atoms with E-state index in [-0.39, 0.29) is 18.0 Å². The molecule has 4 heteroatoms. The second kappa shape index (κ2) is 7.09. The van der Waals surface area contributed by atoms with Crippen LogP contribution in [0.5, 0.6) is 0 Å². The van der Waals surface area contributed by atoms with Gasteiger partial charge in [0.1, 0.15) is 0 Å². The second-order valence-corrected chi connectivity index (χ2v) is 5.96. The molecule has 1 heterocycles. The molecule has 0 bridgehead atoms. The molecule has 2 rings (SSSR count). The summed E-state index contributed by atoms with van der Waals surface area (Å²) in [5, 5.41) is 4.37. The smallest absolute Gasteiger partial charge is 0.222 e.